The number of benzene rings is 1. The number of methoxy groups -OCH3 is 1. The van der Waals surface area contributed by atoms with E-state index in [0.29, 0.717) is 17.7 Å². The monoisotopic (exact) mass is 367 g/mol. The average molecular weight is 367 g/mol. The molecule has 25 heavy (non-hydrogen) atoms. The van der Waals surface area contributed by atoms with Crippen molar-refractivity contribution >= 4 is 21.7 Å². The van der Waals surface area contributed by atoms with Crippen LogP contribution < -0.4 is 4.74 Å². The average Bonchev–Trinajstić information content (AvgIpc) is 3.36. The molecule has 0 bridgehead atoms. The van der Waals surface area contributed by atoms with Gasteiger partial charge in [-0.2, -0.15) is 0 Å². The third-order valence-corrected chi connectivity index (χ3v) is 6.23. The van der Waals surface area contributed by atoms with Crippen LogP contribution in [-0.4, -0.2) is 62.5 Å². The van der Waals surface area contributed by atoms with Crippen LogP contribution in [0.4, 0.5) is 0 Å². The lowest BCUT2D eigenvalue weighted by atomic mass is 10.2. The highest BCUT2D eigenvalue weighted by Gasteiger charge is 2.42. The van der Waals surface area contributed by atoms with E-state index in [1.807, 2.05) is 0 Å². The molecule has 2 fully saturated rings. The van der Waals surface area contributed by atoms with E-state index in [-0.39, 0.29) is 36.1 Å². The predicted octanol–water partition coefficient (Wildman–Crippen LogP) is 1.03. The molecule has 0 N–H and O–H groups in total. The van der Waals surface area contributed by atoms with Gasteiger partial charge in [0, 0.05) is 12.1 Å². The Kier molecular flexibility index (Phi) is 4.99. The van der Waals surface area contributed by atoms with Crippen molar-refractivity contribution in [3.8, 4) is 5.75 Å². The highest BCUT2D eigenvalue weighted by Crippen LogP contribution is 2.32. The van der Waals surface area contributed by atoms with E-state index in [9.17, 15) is 18.0 Å². The van der Waals surface area contributed by atoms with E-state index in [2.05, 4.69) is 0 Å². The summed E-state index contributed by atoms with van der Waals surface area (Å²) in [6.07, 6.45) is 2.19. The highest BCUT2D eigenvalue weighted by atomic mass is 32.2. The molecule has 3 rings (SSSR count). The summed E-state index contributed by atoms with van der Waals surface area (Å²) in [6, 6.07) is 6.17. The van der Waals surface area contributed by atoms with Gasteiger partial charge in [0.2, 0.25) is 0 Å². The summed E-state index contributed by atoms with van der Waals surface area (Å²) in [6.45, 7) is -0.377. The van der Waals surface area contributed by atoms with Crippen LogP contribution >= 0.6 is 0 Å². The summed E-state index contributed by atoms with van der Waals surface area (Å²) < 4.78 is 33.5. The number of rotatable bonds is 6. The zero-order chi connectivity index (χ0) is 18.0. The molecule has 1 saturated carbocycles. The largest absolute Gasteiger partial charge is 0.497 e. The second-order valence-corrected chi connectivity index (χ2v) is 8.62. The van der Waals surface area contributed by atoms with Crippen molar-refractivity contribution in [2.24, 2.45) is 0 Å². The Balaban J connectivity index is 1.59. The topological polar surface area (TPSA) is 90.0 Å². The molecule has 0 unspecified atom stereocenters. The number of carbonyl (C=O) groups excluding carboxylic acids is 2. The number of hydrogen-bond acceptors (Lipinski definition) is 6. The molecule has 1 aromatic carbocycles. The van der Waals surface area contributed by atoms with Gasteiger partial charge in [0.05, 0.1) is 24.2 Å². The van der Waals surface area contributed by atoms with Crippen LogP contribution in [0.25, 0.3) is 0 Å². The Morgan fingerprint density at radius 1 is 1.12 bits per heavy atom. The van der Waals surface area contributed by atoms with E-state index >= 15 is 0 Å². The maximum atomic E-state index is 12.5. The molecule has 7 nitrogen and oxygen atoms in total. The van der Waals surface area contributed by atoms with Crippen molar-refractivity contribution in [1.29, 1.82) is 0 Å². The predicted molar refractivity (Wildman–Crippen MR) is 90.2 cm³/mol. The lowest BCUT2D eigenvalue weighted by Gasteiger charge is -2.28. The fraction of sp³-hybridized carbons (Fsp3) is 0.529. The van der Waals surface area contributed by atoms with Crippen LogP contribution in [0.3, 0.4) is 0 Å². The number of esters is 1. The summed E-state index contributed by atoms with van der Waals surface area (Å²) in [7, 11) is -1.54. The molecule has 1 aromatic rings. The van der Waals surface area contributed by atoms with Gasteiger partial charge in [0.25, 0.3) is 5.91 Å². The molecule has 1 aliphatic carbocycles. The van der Waals surface area contributed by atoms with Gasteiger partial charge in [-0.05, 0) is 43.5 Å². The summed E-state index contributed by atoms with van der Waals surface area (Å²) in [5.74, 6) is -0.186. The van der Waals surface area contributed by atoms with Gasteiger partial charge < -0.3 is 14.4 Å². The van der Waals surface area contributed by atoms with Gasteiger partial charge >= 0.3 is 5.97 Å². The van der Waals surface area contributed by atoms with Crippen LogP contribution in [0, 0.1) is 0 Å². The Labute approximate surface area is 146 Å². The summed E-state index contributed by atoms with van der Waals surface area (Å²) >= 11 is 0. The Morgan fingerprint density at radius 3 is 2.32 bits per heavy atom. The molecule has 1 atom stereocenters. The van der Waals surface area contributed by atoms with Gasteiger partial charge in [-0.3, -0.25) is 4.79 Å². The van der Waals surface area contributed by atoms with Crippen molar-refractivity contribution in [1.82, 2.24) is 4.90 Å². The first-order chi connectivity index (χ1) is 11.9. The standard InChI is InChI=1S/C17H21NO6S/c1-23-15-6-2-12(3-7-15)17(20)24-10-16(19)18(13-4-5-13)14-8-9-25(21,22)11-14/h2-3,6-7,13-14H,4-5,8-11H2,1H3/t14-/m0/s1. The second-order valence-electron chi connectivity index (χ2n) is 6.39. The minimum atomic E-state index is -3.07. The Morgan fingerprint density at radius 2 is 1.80 bits per heavy atom. The molecule has 0 spiro atoms. The highest BCUT2D eigenvalue weighted by molar-refractivity contribution is 7.91. The first-order valence-corrected chi connectivity index (χ1v) is 10.0. The third-order valence-electron chi connectivity index (χ3n) is 4.48. The number of ether oxygens (including phenoxy) is 2. The zero-order valence-corrected chi connectivity index (χ0v) is 14.8. The van der Waals surface area contributed by atoms with E-state index in [4.69, 9.17) is 9.47 Å². The first-order valence-electron chi connectivity index (χ1n) is 8.22. The van der Waals surface area contributed by atoms with Crippen molar-refractivity contribution in [2.45, 2.75) is 31.3 Å². The Bertz CT molecular complexity index is 754. The molecule has 2 aliphatic rings. The molecule has 1 saturated heterocycles. The van der Waals surface area contributed by atoms with Gasteiger partial charge in [0.15, 0.2) is 16.4 Å². The maximum Gasteiger partial charge on any atom is 0.338 e. The van der Waals surface area contributed by atoms with Crippen LogP contribution in [-0.2, 0) is 19.4 Å². The molecule has 0 aromatic heterocycles. The molecule has 136 valence electrons. The van der Waals surface area contributed by atoms with Gasteiger partial charge in [-0.25, -0.2) is 13.2 Å². The number of hydrogen-bond donors (Lipinski definition) is 0. The third kappa shape index (κ3) is 4.31. The molecular weight excluding hydrogens is 346 g/mol. The number of amides is 1. The fourth-order valence-corrected chi connectivity index (χ4v) is 4.78. The number of nitrogens with zero attached hydrogens (tertiary/aromatic N) is 1. The summed E-state index contributed by atoms with van der Waals surface area (Å²) in [5, 5.41) is 0. The van der Waals surface area contributed by atoms with Crippen molar-refractivity contribution in [3.05, 3.63) is 29.8 Å². The lowest BCUT2D eigenvalue weighted by molar-refractivity contribution is -0.137. The fourth-order valence-electron chi connectivity index (χ4n) is 3.07. The van der Waals surface area contributed by atoms with E-state index in [0.717, 1.165) is 12.8 Å². The SMILES string of the molecule is COc1ccc(C(=O)OCC(=O)N(C2CC2)[C@H]2CCS(=O)(=O)C2)cc1. The maximum absolute atomic E-state index is 12.5. The van der Waals surface area contributed by atoms with Gasteiger partial charge in [-0.1, -0.05) is 0 Å². The number of carbonyl (C=O) groups is 2. The molecular formula is C17H21NO6S. The summed E-state index contributed by atoms with van der Waals surface area (Å²) in [5.41, 5.74) is 0.329. The molecule has 1 amide bonds. The van der Waals surface area contributed by atoms with E-state index in [1.165, 1.54) is 7.11 Å². The normalized spacial score (nSPS) is 21.6. The van der Waals surface area contributed by atoms with Crippen LogP contribution in [0.5, 0.6) is 5.75 Å². The summed E-state index contributed by atoms with van der Waals surface area (Å²) in [4.78, 5) is 26.2. The lowest BCUT2D eigenvalue weighted by Crippen LogP contribution is -2.44. The molecule has 8 heteroatoms. The van der Waals surface area contributed by atoms with Crippen molar-refractivity contribution in [2.75, 3.05) is 25.2 Å². The smallest absolute Gasteiger partial charge is 0.338 e. The van der Waals surface area contributed by atoms with E-state index in [1.54, 1.807) is 29.2 Å². The van der Waals surface area contributed by atoms with Gasteiger partial charge in [-0.15, -0.1) is 0 Å². The first kappa shape index (κ1) is 17.7. The Hall–Kier alpha value is -2.09. The van der Waals surface area contributed by atoms with Crippen molar-refractivity contribution in [3.63, 3.8) is 0 Å². The zero-order valence-electron chi connectivity index (χ0n) is 14.0. The molecule has 0 radical (unpaired) electrons. The molecule has 1 aliphatic heterocycles. The van der Waals surface area contributed by atoms with Crippen LogP contribution in [0.2, 0.25) is 0 Å². The van der Waals surface area contributed by atoms with Crippen LogP contribution in [0.1, 0.15) is 29.6 Å². The van der Waals surface area contributed by atoms with E-state index < -0.39 is 15.8 Å². The minimum Gasteiger partial charge on any atom is -0.497 e. The molecule has 1 heterocycles. The second kappa shape index (κ2) is 7.03. The van der Waals surface area contributed by atoms with Crippen molar-refractivity contribution < 1.29 is 27.5 Å². The number of sulfone groups is 1. The quantitative estimate of drug-likeness (QED) is 0.698. The van der Waals surface area contributed by atoms with Crippen LogP contribution in [0.15, 0.2) is 24.3 Å². The van der Waals surface area contributed by atoms with Gasteiger partial charge in [0.1, 0.15) is 5.75 Å². The minimum absolute atomic E-state index is 0.00165.